The van der Waals surface area contributed by atoms with E-state index in [2.05, 4.69) is 24.3 Å². The number of aliphatic hydroxyl groups is 1. The Bertz CT molecular complexity index is 709. The summed E-state index contributed by atoms with van der Waals surface area (Å²) in [6, 6.07) is 8.01. The van der Waals surface area contributed by atoms with Crippen molar-refractivity contribution in [2.75, 3.05) is 19.7 Å². The van der Waals surface area contributed by atoms with E-state index in [4.69, 9.17) is 0 Å². The van der Waals surface area contributed by atoms with Crippen molar-refractivity contribution in [2.24, 2.45) is 5.92 Å². The summed E-state index contributed by atoms with van der Waals surface area (Å²) >= 11 is 0. The molecule has 0 unspecified atom stereocenters. The Morgan fingerprint density at radius 3 is 2.37 bits per heavy atom. The lowest BCUT2D eigenvalue weighted by atomic mass is 9.74. The van der Waals surface area contributed by atoms with Crippen molar-refractivity contribution in [3.05, 3.63) is 41.5 Å². The highest BCUT2D eigenvalue weighted by Gasteiger charge is 2.53. The number of rotatable bonds is 7. The van der Waals surface area contributed by atoms with Crippen LogP contribution in [0.2, 0.25) is 0 Å². The number of carbonyl (C=O) groups is 2. The average Bonchev–Trinajstić information content (AvgIpc) is 3.48. The summed E-state index contributed by atoms with van der Waals surface area (Å²) in [5.41, 5.74) is 2.24. The van der Waals surface area contributed by atoms with Crippen LogP contribution >= 0.6 is 0 Å². The standard InChI is InChI=1S/C22H30N2O3/c1-4-6-16-7-9-17(10-8-16)21-19(13-23(5-2)15(3)26)24(20(21)14-25)22(27)18-11-12-18/h4,6-10,18-21,25H,5,11-14H2,1-3H3/b6-4+/t19-,20-,21-/m1/s1. The van der Waals surface area contributed by atoms with Crippen molar-refractivity contribution >= 4 is 17.9 Å². The van der Waals surface area contributed by atoms with E-state index in [9.17, 15) is 14.7 Å². The van der Waals surface area contributed by atoms with E-state index < -0.39 is 0 Å². The number of carbonyl (C=O) groups excluding carboxylic acids is 2. The van der Waals surface area contributed by atoms with Crippen LogP contribution in [0.4, 0.5) is 0 Å². The molecule has 5 nitrogen and oxygen atoms in total. The summed E-state index contributed by atoms with van der Waals surface area (Å²) in [6.45, 7) is 6.59. The molecule has 146 valence electrons. The Balaban J connectivity index is 1.88. The number of allylic oxidation sites excluding steroid dienone is 1. The summed E-state index contributed by atoms with van der Waals surface area (Å²) in [4.78, 5) is 28.4. The van der Waals surface area contributed by atoms with E-state index in [1.54, 1.807) is 11.8 Å². The number of nitrogens with zero attached hydrogens (tertiary/aromatic N) is 2. The SMILES string of the molecule is C/C=C/c1ccc([C@H]2[C@@H](CO)N(C(=O)C3CC3)[C@@H]2CN(CC)C(C)=O)cc1. The summed E-state index contributed by atoms with van der Waals surface area (Å²) in [5.74, 6) is 0.309. The van der Waals surface area contributed by atoms with Gasteiger partial charge in [-0.3, -0.25) is 9.59 Å². The third-order valence-corrected chi connectivity index (χ3v) is 5.83. The maximum Gasteiger partial charge on any atom is 0.226 e. The fraction of sp³-hybridized carbons (Fsp3) is 0.545. The number of amides is 2. The minimum absolute atomic E-state index is 0.0194. The molecular weight excluding hydrogens is 340 g/mol. The van der Waals surface area contributed by atoms with Crippen LogP contribution in [0.25, 0.3) is 6.08 Å². The van der Waals surface area contributed by atoms with Crippen LogP contribution in [0, 0.1) is 5.92 Å². The van der Waals surface area contributed by atoms with Crippen molar-refractivity contribution in [3.8, 4) is 0 Å². The molecule has 0 spiro atoms. The zero-order valence-electron chi connectivity index (χ0n) is 16.5. The van der Waals surface area contributed by atoms with Crippen LogP contribution < -0.4 is 0 Å². The Morgan fingerprint density at radius 1 is 1.22 bits per heavy atom. The van der Waals surface area contributed by atoms with E-state index in [0.717, 1.165) is 24.0 Å². The largest absolute Gasteiger partial charge is 0.394 e. The van der Waals surface area contributed by atoms with Crippen LogP contribution in [0.5, 0.6) is 0 Å². The van der Waals surface area contributed by atoms with E-state index >= 15 is 0 Å². The lowest BCUT2D eigenvalue weighted by Crippen LogP contribution is -2.69. The lowest BCUT2D eigenvalue weighted by Gasteiger charge is -2.56. The molecule has 0 aromatic heterocycles. The van der Waals surface area contributed by atoms with Crippen molar-refractivity contribution < 1.29 is 14.7 Å². The molecule has 5 heteroatoms. The van der Waals surface area contributed by atoms with Gasteiger partial charge in [0, 0.05) is 31.8 Å². The van der Waals surface area contributed by atoms with Crippen LogP contribution in [0.1, 0.15) is 50.7 Å². The second kappa shape index (κ2) is 8.26. The minimum atomic E-state index is -0.207. The van der Waals surface area contributed by atoms with E-state index in [1.165, 1.54) is 0 Å². The Labute approximate surface area is 161 Å². The predicted molar refractivity (Wildman–Crippen MR) is 106 cm³/mol. The molecule has 2 fully saturated rings. The molecule has 3 atom stereocenters. The van der Waals surface area contributed by atoms with E-state index in [1.807, 2.05) is 30.9 Å². The van der Waals surface area contributed by atoms with Gasteiger partial charge < -0.3 is 14.9 Å². The molecule has 1 N–H and O–H groups in total. The van der Waals surface area contributed by atoms with Gasteiger partial charge in [0.05, 0.1) is 18.7 Å². The first-order valence-electron chi connectivity index (χ1n) is 9.93. The Morgan fingerprint density at radius 2 is 1.89 bits per heavy atom. The quantitative estimate of drug-likeness (QED) is 0.803. The van der Waals surface area contributed by atoms with Gasteiger partial charge in [0.1, 0.15) is 0 Å². The topological polar surface area (TPSA) is 60.9 Å². The molecule has 0 radical (unpaired) electrons. The van der Waals surface area contributed by atoms with Gasteiger partial charge in [-0.1, -0.05) is 36.4 Å². The molecule has 0 bridgehead atoms. The molecule has 1 aliphatic heterocycles. The van der Waals surface area contributed by atoms with Gasteiger partial charge in [-0.05, 0) is 37.8 Å². The highest BCUT2D eigenvalue weighted by molar-refractivity contribution is 5.83. The number of hydrogen-bond donors (Lipinski definition) is 1. The van der Waals surface area contributed by atoms with Gasteiger partial charge >= 0.3 is 0 Å². The number of hydrogen-bond acceptors (Lipinski definition) is 3. The molecule has 27 heavy (non-hydrogen) atoms. The van der Waals surface area contributed by atoms with Gasteiger partial charge in [0.2, 0.25) is 11.8 Å². The maximum atomic E-state index is 12.8. The van der Waals surface area contributed by atoms with E-state index in [-0.39, 0.29) is 42.3 Å². The van der Waals surface area contributed by atoms with E-state index in [0.29, 0.717) is 13.1 Å². The van der Waals surface area contributed by atoms with Crippen LogP contribution in [0.15, 0.2) is 30.3 Å². The first kappa shape index (κ1) is 19.6. The summed E-state index contributed by atoms with van der Waals surface area (Å²) in [6.07, 6.45) is 5.92. The lowest BCUT2D eigenvalue weighted by molar-refractivity contribution is -0.155. The fourth-order valence-electron chi connectivity index (χ4n) is 4.19. The molecule has 1 aromatic rings. The molecule has 1 aliphatic carbocycles. The van der Waals surface area contributed by atoms with Crippen LogP contribution in [0.3, 0.4) is 0 Å². The molecule has 1 heterocycles. The maximum absolute atomic E-state index is 12.8. The second-order valence-electron chi connectivity index (χ2n) is 7.59. The van der Waals surface area contributed by atoms with Crippen molar-refractivity contribution in [1.82, 2.24) is 9.80 Å². The molecule has 2 aliphatic rings. The highest BCUT2D eigenvalue weighted by atomic mass is 16.3. The Hall–Kier alpha value is -2.14. The van der Waals surface area contributed by atoms with Crippen LogP contribution in [-0.2, 0) is 9.59 Å². The Kier molecular flexibility index (Phi) is 6.00. The smallest absolute Gasteiger partial charge is 0.226 e. The predicted octanol–water partition coefficient (Wildman–Crippen LogP) is 2.65. The highest BCUT2D eigenvalue weighted by Crippen LogP contribution is 2.45. The fourth-order valence-corrected chi connectivity index (χ4v) is 4.19. The number of likely N-dealkylation sites (tertiary alicyclic amines) is 1. The number of aliphatic hydroxyl groups excluding tert-OH is 1. The molecule has 1 aromatic carbocycles. The van der Waals surface area contributed by atoms with Gasteiger partial charge in [0.15, 0.2) is 0 Å². The molecule has 2 amide bonds. The summed E-state index contributed by atoms with van der Waals surface area (Å²) in [7, 11) is 0. The van der Waals surface area contributed by atoms with Crippen molar-refractivity contribution in [1.29, 1.82) is 0 Å². The third kappa shape index (κ3) is 3.93. The van der Waals surface area contributed by atoms with Gasteiger partial charge in [-0.2, -0.15) is 0 Å². The van der Waals surface area contributed by atoms with Gasteiger partial charge in [-0.15, -0.1) is 0 Å². The van der Waals surface area contributed by atoms with Gasteiger partial charge in [0.25, 0.3) is 0 Å². The molecule has 3 rings (SSSR count). The normalized spacial score (nSPS) is 24.7. The molecule has 1 saturated carbocycles. The first-order chi connectivity index (χ1) is 13.0. The summed E-state index contributed by atoms with van der Waals surface area (Å²) < 4.78 is 0. The van der Waals surface area contributed by atoms with Crippen molar-refractivity contribution in [2.45, 2.75) is 51.6 Å². The second-order valence-corrected chi connectivity index (χ2v) is 7.59. The number of likely N-dealkylation sites (N-methyl/N-ethyl adjacent to an activating group) is 1. The van der Waals surface area contributed by atoms with Gasteiger partial charge in [-0.25, -0.2) is 0 Å². The van der Waals surface area contributed by atoms with Crippen molar-refractivity contribution in [3.63, 3.8) is 0 Å². The first-order valence-corrected chi connectivity index (χ1v) is 9.93. The average molecular weight is 370 g/mol. The number of benzene rings is 1. The third-order valence-electron chi connectivity index (χ3n) is 5.83. The zero-order chi connectivity index (χ0) is 19.6. The van der Waals surface area contributed by atoms with Crippen LogP contribution in [-0.4, -0.2) is 58.5 Å². The minimum Gasteiger partial charge on any atom is -0.394 e. The zero-order valence-corrected chi connectivity index (χ0v) is 16.5. The monoisotopic (exact) mass is 370 g/mol. The molecule has 1 saturated heterocycles. The summed E-state index contributed by atoms with van der Waals surface area (Å²) in [5, 5.41) is 10.0. The molecular formula is C22H30N2O3.